The zero-order valence-electron chi connectivity index (χ0n) is 22.0. The van der Waals surface area contributed by atoms with Gasteiger partial charge < -0.3 is 20.7 Å². The molecular weight excluding hydrogens is 498 g/mol. The van der Waals surface area contributed by atoms with Crippen LogP contribution in [0.5, 0.6) is 5.75 Å². The van der Waals surface area contributed by atoms with Crippen LogP contribution >= 0.6 is 11.3 Å². The molecule has 11 heteroatoms. The average Bonchev–Trinajstić information content (AvgIpc) is 3.61. The van der Waals surface area contributed by atoms with Crippen molar-refractivity contribution in [2.75, 3.05) is 51.4 Å². The van der Waals surface area contributed by atoms with Crippen molar-refractivity contribution in [1.82, 2.24) is 34.5 Å². The molecule has 4 heterocycles. The maximum absolute atomic E-state index is 6.41. The van der Waals surface area contributed by atoms with Crippen molar-refractivity contribution < 1.29 is 4.74 Å². The SMILES string of the molecule is COc1cc(-c2nn(C3CCC(N4CCN(C)CC4)CC3)c3ncnc(N)c23)ccc1NCc1nccs1. The number of aromatic nitrogens is 5. The number of fused-ring (bicyclic) bond motifs is 1. The minimum absolute atomic E-state index is 0.297. The number of benzene rings is 1. The normalized spacial score (nSPS) is 21.1. The fourth-order valence-electron chi connectivity index (χ4n) is 5.80. The maximum atomic E-state index is 6.41. The average molecular weight is 534 g/mol. The van der Waals surface area contributed by atoms with Gasteiger partial charge in [-0.25, -0.2) is 19.6 Å². The molecule has 38 heavy (non-hydrogen) atoms. The smallest absolute Gasteiger partial charge is 0.164 e. The van der Waals surface area contributed by atoms with Gasteiger partial charge in [0.25, 0.3) is 0 Å². The van der Waals surface area contributed by atoms with E-state index in [1.807, 2.05) is 23.7 Å². The van der Waals surface area contributed by atoms with Crippen LogP contribution in [0.4, 0.5) is 11.5 Å². The van der Waals surface area contributed by atoms with Crippen molar-refractivity contribution in [2.45, 2.75) is 44.3 Å². The molecule has 1 saturated carbocycles. The van der Waals surface area contributed by atoms with Crippen LogP contribution in [-0.2, 0) is 6.54 Å². The number of nitrogen functional groups attached to an aromatic ring is 1. The van der Waals surface area contributed by atoms with Gasteiger partial charge in [0.1, 0.15) is 28.6 Å². The number of ether oxygens (including phenoxy) is 1. The first-order valence-electron chi connectivity index (χ1n) is 13.3. The number of hydrogen-bond donors (Lipinski definition) is 2. The van der Waals surface area contributed by atoms with Gasteiger partial charge >= 0.3 is 0 Å². The van der Waals surface area contributed by atoms with Gasteiger partial charge in [0.2, 0.25) is 0 Å². The van der Waals surface area contributed by atoms with Crippen LogP contribution in [-0.4, -0.2) is 80.9 Å². The maximum Gasteiger partial charge on any atom is 0.164 e. The first-order valence-corrected chi connectivity index (χ1v) is 14.2. The van der Waals surface area contributed by atoms with E-state index in [4.69, 9.17) is 15.6 Å². The van der Waals surface area contributed by atoms with Crippen molar-refractivity contribution in [3.63, 3.8) is 0 Å². The van der Waals surface area contributed by atoms with Gasteiger partial charge in [-0.3, -0.25) is 4.90 Å². The Morgan fingerprint density at radius 3 is 2.58 bits per heavy atom. The predicted octanol–water partition coefficient (Wildman–Crippen LogP) is 3.88. The molecule has 2 aliphatic rings. The Labute approximate surface area is 226 Å². The standard InChI is InChI=1S/C27H35N9OS/c1-34-10-12-35(13-11-34)19-4-6-20(7-5-19)36-27-24(26(28)31-17-32-27)25(33-36)18-3-8-21(22(15-18)37-2)30-16-23-29-9-14-38-23/h3,8-9,14-15,17,19-20,30H,4-7,10-13,16H2,1-2H3,(H2,28,31,32). The number of thiazole rings is 1. The van der Waals surface area contributed by atoms with Gasteiger partial charge in [0.05, 0.1) is 30.8 Å². The highest BCUT2D eigenvalue weighted by molar-refractivity contribution is 7.09. The lowest BCUT2D eigenvalue weighted by molar-refractivity contribution is 0.0815. The lowest BCUT2D eigenvalue weighted by Gasteiger charge is -2.41. The first-order chi connectivity index (χ1) is 18.6. The fraction of sp³-hybridized carbons (Fsp3) is 0.481. The second-order valence-corrected chi connectivity index (χ2v) is 11.2. The largest absolute Gasteiger partial charge is 0.495 e. The monoisotopic (exact) mass is 533 g/mol. The molecule has 1 saturated heterocycles. The number of hydrogen-bond acceptors (Lipinski definition) is 10. The van der Waals surface area contributed by atoms with Crippen LogP contribution < -0.4 is 15.8 Å². The zero-order chi connectivity index (χ0) is 26.1. The van der Waals surface area contributed by atoms with E-state index in [-0.39, 0.29) is 0 Å². The minimum Gasteiger partial charge on any atom is -0.495 e. The number of likely N-dealkylation sites (N-methyl/N-ethyl adjacent to an activating group) is 1. The summed E-state index contributed by atoms with van der Waals surface area (Å²) in [5.41, 5.74) is 9.84. The molecule has 0 unspecified atom stereocenters. The Balaban J connectivity index is 1.26. The summed E-state index contributed by atoms with van der Waals surface area (Å²) in [4.78, 5) is 18.4. The number of methoxy groups -OCH3 is 1. The molecular formula is C27H35N9OS. The first kappa shape index (κ1) is 25.0. The fourth-order valence-corrected chi connectivity index (χ4v) is 6.36. The number of nitrogens with one attached hydrogen (secondary N) is 1. The van der Waals surface area contributed by atoms with E-state index in [1.54, 1.807) is 24.8 Å². The third kappa shape index (κ3) is 4.93. The molecule has 1 aliphatic carbocycles. The Kier molecular flexibility index (Phi) is 7.14. The number of piperazine rings is 1. The van der Waals surface area contributed by atoms with Crippen LogP contribution in [0.25, 0.3) is 22.3 Å². The van der Waals surface area contributed by atoms with Crippen molar-refractivity contribution in [1.29, 1.82) is 0 Å². The van der Waals surface area contributed by atoms with Gasteiger partial charge in [0.15, 0.2) is 5.65 Å². The van der Waals surface area contributed by atoms with Gasteiger partial charge in [0, 0.05) is 49.4 Å². The highest BCUT2D eigenvalue weighted by Gasteiger charge is 2.30. The van der Waals surface area contributed by atoms with Gasteiger partial charge in [-0.05, 0) is 44.9 Å². The summed E-state index contributed by atoms with van der Waals surface area (Å²) in [6.07, 6.45) is 7.88. The van der Waals surface area contributed by atoms with Crippen LogP contribution in [0.15, 0.2) is 36.1 Å². The lowest BCUT2D eigenvalue weighted by atomic mass is 9.90. The molecule has 4 aromatic rings. The van der Waals surface area contributed by atoms with Gasteiger partial charge in [-0.2, -0.15) is 5.10 Å². The third-order valence-corrected chi connectivity index (χ3v) is 8.75. The predicted molar refractivity (Wildman–Crippen MR) is 152 cm³/mol. The topological polar surface area (TPSA) is 110 Å². The zero-order valence-corrected chi connectivity index (χ0v) is 22.8. The van der Waals surface area contributed by atoms with Crippen LogP contribution in [0.1, 0.15) is 36.7 Å². The summed E-state index contributed by atoms with van der Waals surface area (Å²) < 4.78 is 7.84. The number of rotatable bonds is 7. The Morgan fingerprint density at radius 2 is 1.84 bits per heavy atom. The highest BCUT2D eigenvalue weighted by Crippen LogP contribution is 2.39. The molecule has 3 aromatic heterocycles. The van der Waals surface area contributed by atoms with Crippen LogP contribution in [0, 0.1) is 0 Å². The summed E-state index contributed by atoms with van der Waals surface area (Å²) in [5, 5.41) is 12.3. The van der Waals surface area contributed by atoms with Crippen molar-refractivity contribution >= 4 is 33.9 Å². The van der Waals surface area contributed by atoms with Crippen molar-refractivity contribution in [2.24, 2.45) is 0 Å². The molecule has 1 aromatic carbocycles. The van der Waals surface area contributed by atoms with E-state index in [2.05, 4.69) is 47.9 Å². The summed E-state index contributed by atoms with van der Waals surface area (Å²) in [5.74, 6) is 1.19. The van der Waals surface area contributed by atoms with E-state index in [9.17, 15) is 0 Å². The molecule has 0 bridgehead atoms. The molecule has 0 radical (unpaired) electrons. The molecule has 200 valence electrons. The van der Waals surface area contributed by atoms with Gasteiger partial charge in [-0.15, -0.1) is 11.3 Å². The summed E-state index contributed by atoms with van der Waals surface area (Å²) in [7, 11) is 3.89. The van der Waals surface area contributed by atoms with Crippen LogP contribution in [0.2, 0.25) is 0 Å². The molecule has 2 fully saturated rings. The van der Waals surface area contributed by atoms with E-state index >= 15 is 0 Å². The molecule has 0 spiro atoms. The highest BCUT2D eigenvalue weighted by atomic mass is 32.1. The Bertz CT molecular complexity index is 1370. The molecule has 1 aliphatic heterocycles. The second-order valence-electron chi connectivity index (χ2n) is 10.2. The lowest BCUT2D eigenvalue weighted by Crippen LogP contribution is -2.49. The summed E-state index contributed by atoms with van der Waals surface area (Å²) >= 11 is 1.62. The molecule has 0 amide bonds. The molecule has 3 N–H and O–H groups in total. The third-order valence-electron chi connectivity index (χ3n) is 7.97. The number of nitrogens with zero attached hydrogens (tertiary/aromatic N) is 7. The van der Waals surface area contributed by atoms with E-state index < -0.39 is 0 Å². The van der Waals surface area contributed by atoms with Crippen molar-refractivity contribution in [3.05, 3.63) is 41.1 Å². The van der Waals surface area contributed by atoms with E-state index in [1.165, 1.54) is 25.9 Å². The quantitative estimate of drug-likeness (QED) is 0.366. The van der Waals surface area contributed by atoms with Crippen molar-refractivity contribution in [3.8, 4) is 17.0 Å². The minimum atomic E-state index is 0.297. The summed E-state index contributed by atoms with van der Waals surface area (Å²) in [6.45, 7) is 5.29. The number of anilines is 2. The van der Waals surface area contributed by atoms with Crippen LogP contribution in [0.3, 0.4) is 0 Å². The molecule has 0 atom stereocenters. The Morgan fingerprint density at radius 1 is 1.05 bits per heavy atom. The summed E-state index contributed by atoms with van der Waals surface area (Å²) in [6, 6.07) is 7.04. The number of nitrogens with two attached hydrogens (primary N) is 1. The van der Waals surface area contributed by atoms with E-state index in [0.29, 0.717) is 24.4 Å². The van der Waals surface area contributed by atoms with E-state index in [0.717, 1.165) is 64.7 Å². The molecule has 10 nitrogen and oxygen atoms in total. The Hall–Kier alpha value is -3.28. The molecule has 6 rings (SSSR count). The second kappa shape index (κ2) is 10.8. The van der Waals surface area contributed by atoms with Gasteiger partial charge in [-0.1, -0.05) is 6.07 Å².